The van der Waals surface area contributed by atoms with Crippen LogP contribution in [0, 0.1) is 6.92 Å². The van der Waals surface area contributed by atoms with Gasteiger partial charge >= 0.3 is 0 Å². The van der Waals surface area contributed by atoms with Gasteiger partial charge < -0.3 is 9.30 Å². The molecule has 3 aromatic carbocycles. The molecule has 0 spiro atoms. The number of carbonyl (C=O) groups is 1. The molecule has 0 bridgehead atoms. The van der Waals surface area contributed by atoms with Crippen molar-refractivity contribution in [3.8, 4) is 5.75 Å². The molecule has 0 atom stereocenters. The van der Waals surface area contributed by atoms with Crippen LogP contribution in [0.3, 0.4) is 0 Å². The van der Waals surface area contributed by atoms with Gasteiger partial charge in [0.05, 0.1) is 29.3 Å². The van der Waals surface area contributed by atoms with E-state index in [4.69, 9.17) is 27.9 Å². The molecule has 0 aliphatic heterocycles. The van der Waals surface area contributed by atoms with Crippen molar-refractivity contribution in [3.05, 3.63) is 99.2 Å². The first-order valence-electron chi connectivity index (χ1n) is 11.0. The number of amides is 1. The van der Waals surface area contributed by atoms with Crippen molar-refractivity contribution >= 4 is 46.2 Å². The van der Waals surface area contributed by atoms with Crippen molar-refractivity contribution in [2.75, 3.05) is 6.61 Å². The van der Waals surface area contributed by atoms with Gasteiger partial charge in [0, 0.05) is 28.7 Å². The third-order valence-electron chi connectivity index (χ3n) is 5.59. The summed E-state index contributed by atoms with van der Waals surface area (Å²) in [7, 11) is 0. The van der Waals surface area contributed by atoms with E-state index < -0.39 is 0 Å². The van der Waals surface area contributed by atoms with E-state index in [1.54, 1.807) is 6.21 Å². The van der Waals surface area contributed by atoms with E-state index in [0.29, 0.717) is 23.2 Å². The molecule has 0 saturated heterocycles. The zero-order valence-electron chi connectivity index (χ0n) is 19.0. The monoisotopic (exact) mass is 493 g/mol. The van der Waals surface area contributed by atoms with Crippen LogP contribution in [-0.4, -0.2) is 23.3 Å². The van der Waals surface area contributed by atoms with Crippen molar-refractivity contribution < 1.29 is 9.53 Å². The second-order valence-corrected chi connectivity index (χ2v) is 8.71. The Kier molecular flexibility index (Phi) is 7.56. The molecule has 1 N–H and O–H groups in total. The molecule has 0 saturated carbocycles. The van der Waals surface area contributed by atoms with E-state index in [1.807, 2.05) is 68.4 Å². The Bertz CT molecular complexity index is 1340. The van der Waals surface area contributed by atoms with Crippen molar-refractivity contribution in [3.63, 3.8) is 0 Å². The first kappa shape index (κ1) is 23.9. The summed E-state index contributed by atoms with van der Waals surface area (Å²) in [6.45, 7) is 5.23. The fourth-order valence-electron chi connectivity index (χ4n) is 3.91. The number of hydrazone groups is 1. The lowest BCUT2D eigenvalue weighted by Gasteiger charge is -2.09. The number of aromatic nitrogens is 1. The number of halogens is 2. The van der Waals surface area contributed by atoms with Gasteiger partial charge in [-0.15, -0.1) is 0 Å². The summed E-state index contributed by atoms with van der Waals surface area (Å²) in [6.07, 6.45) is 1.95. The Morgan fingerprint density at radius 1 is 1.03 bits per heavy atom. The normalized spacial score (nSPS) is 11.3. The Labute approximate surface area is 208 Å². The van der Waals surface area contributed by atoms with Crippen LogP contribution in [0.25, 0.3) is 10.9 Å². The molecule has 0 radical (unpaired) electrons. The van der Waals surface area contributed by atoms with Gasteiger partial charge in [0.15, 0.2) is 0 Å². The molecule has 174 valence electrons. The molecule has 0 unspecified atom stereocenters. The lowest BCUT2D eigenvalue weighted by Crippen LogP contribution is -2.19. The smallest absolute Gasteiger partial charge is 0.244 e. The molecule has 0 fully saturated rings. The van der Waals surface area contributed by atoms with Gasteiger partial charge in [-0.25, -0.2) is 5.43 Å². The summed E-state index contributed by atoms with van der Waals surface area (Å²) in [5.41, 5.74) is 7.65. The number of rotatable bonds is 8. The van der Waals surface area contributed by atoms with Crippen molar-refractivity contribution in [2.45, 2.75) is 26.8 Å². The van der Waals surface area contributed by atoms with Crippen LogP contribution in [-0.2, 0) is 17.8 Å². The standard InChI is InChI=1S/C27H25Cl2N3O2/c1-3-34-21-11-8-19(9-12-21)15-27(33)31-30-16-23-18(2)32(26-7-5-4-6-22(23)26)17-20-10-13-24(28)25(29)14-20/h4-14,16H,3,15,17H2,1-2H3,(H,31,33)/b30-16-. The van der Waals surface area contributed by atoms with E-state index in [2.05, 4.69) is 27.2 Å². The van der Waals surface area contributed by atoms with Crippen molar-refractivity contribution in [1.29, 1.82) is 0 Å². The Morgan fingerprint density at radius 3 is 2.50 bits per heavy atom. The van der Waals surface area contributed by atoms with E-state index >= 15 is 0 Å². The molecule has 5 nitrogen and oxygen atoms in total. The Hall–Kier alpha value is -3.28. The van der Waals surface area contributed by atoms with Crippen LogP contribution in [0.4, 0.5) is 0 Å². The predicted molar refractivity (Wildman–Crippen MR) is 139 cm³/mol. The number of nitrogens with zero attached hydrogens (tertiary/aromatic N) is 2. The van der Waals surface area contributed by atoms with Crippen LogP contribution in [0.1, 0.15) is 29.3 Å². The molecule has 1 amide bonds. The Morgan fingerprint density at radius 2 is 1.76 bits per heavy atom. The molecule has 1 aromatic heterocycles. The lowest BCUT2D eigenvalue weighted by molar-refractivity contribution is -0.120. The third-order valence-corrected chi connectivity index (χ3v) is 6.33. The first-order valence-corrected chi connectivity index (χ1v) is 11.8. The van der Waals surface area contributed by atoms with E-state index in [9.17, 15) is 4.79 Å². The second kappa shape index (κ2) is 10.8. The van der Waals surface area contributed by atoms with Crippen LogP contribution < -0.4 is 10.2 Å². The van der Waals surface area contributed by atoms with Gasteiger partial charge in [-0.1, -0.05) is 59.6 Å². The highest BCUT2D eigenvalue weighted by Crippen LogP contribution is 2.28. The maximum Gasteiger partial charge on any atom is 0.244 e. The predicted octanol–water partition coefficient (Wildman–Crippen LogP) is 6.40. The minimum absolute atomic E-state index is 0.183. The molecule has 7 heteroatoms. The van der Waals surface area contributed by atoms with Gasteiger partial charge in [0.1, 0.15) is 5.75 Å². The number of nitrogens with one attached hydrogen (secondary N) is 1. The number of hydrogen-bond acceptors (Lipinski definition) is 3. The summed E-state index contributed by atoms with van der Waals surface area (Å²) >= 11 is 12.3. The SMILES string of the molecule is CCOc1ccc(CC(=O)N/N=C\c2c(C)n(Cc3ccc(Cl)c(Cl)c3)c3ccccc23)cc1. The number of hydrogen-bond donors (Lipinski definition) is 1. The lowest BCUT2D eigenvalue weighted by atomic mass is 10.1. The zero-order chi connectivity index (χ0) is 24.1. The van der Waals surface area contributed by atoms with Crippen LogP contribution in [0.15, 0.2) is 71.8 Å². The van der Waals surface area contributed by atoms with Gasteiger partial charge in [0.25, 0.3) is 0 Å². The molecule has 4 aromatic rings. The van der Waals surface area contributed by atoms with Gasteiger partial charge in [-0.2, -0.15) is 5.10 Å². The number of fused-ring (bicyclic) bond motifs is 1. The fourth-order valence-corrected chi connectivity index (χ4v) is 4.23. The van der Waals surface area contributed by atoms with Gasteiger partial charge in [0.2, 0.25) is 5.91 Å². The summed E-state index contributed by atoms with van der Waals surface area (Å²) in [5, 5.41) is 6.37. The van der Waals surface area contributed by atoms with Gasteiger partial charge in [-0.3, -0.25) is 4.79 Å². The highest BCUT2D eigenvalue weighted by Gasteiger charge is 2.13. The van der Waals surface area contributed by atoms with E-state index in [0.717, 1.165) is 39.0 Å². The van der Waals surface area contributed by atoms with E-state index in [-0.39, 0.29) is 12.3 Å². The van der Waals surface area contributed by atoms with Crippen LogP contribution >= 0.6 is 23.2 Å². The summed E-state index contributed by atoms with van der Waals surface area (Å²) in [5.74, 6) is 0.607. The van der Waals surface area contributed by atoms with Crippen molar-refractivity contribution in [2.24, 2.45) is 5.10 Å². The zero-order valence-corrected chi connectivity index (χ0v) is 20.5. The summed E-state index contributed by atoms with van der Waals surface area (Å²) in [4.78, 5) is 12.4. The quantitative estimate of drug-likeness (QED) is 0.228. The topological polar surface area (TPSA) is 55.6 Å². The highest BCUT2D eigenvalue weighted by atomic mass is 35.5. The first-order chi connectivity index (χ1) is 16.5. The third kappa shape index (κ3) is 5.44. The Balaban J connectivity index is 1.50. The van der Waals surface area contributed by atoms with Crippen molar-refractivity contribution in [1.82, 2.24) is 9.99 Å². The van der Waals surface area contributed by atoms with E-state index in [1.165, 1.54) is 0 Å². The number of carbonyl (C=O) groups excluding carboxylic acids is 1. The fraction of sp³-hybridized carbons (Fsp3) is 0.185. The molecule has 0 aliphatic carbocycles. The number of para-hydroxylation sites is 1. The average Bonchev–Trinajstić information content (AvgIpc) is 3.09. The highest BCUT2D eigenvalue weighted by molar-refractivity contribution is 6.42. The van der Waals surface area contributed by atoms with Crippen LogP contribution in [0.5, 0.6) is 5.75 Å². The minimum Gasteiger partial charge on any atom is -0.494 e. The maximum absolute atomic E-state index is 12.4. The largest absolute Gasteiger partial charge is 0.494 e. The van der Waals surface area contributed by atoms with Crippen LogP contribution in [0.2, 0.25) is 10.0 Å². The molecular weight excluding hydrogens is 469 g/mol. The maximum atomic E-state index is 12.4. The molecule has 4 rings (SSSR count). The minimum atomic E-state index is -0.183. The molecular formula is C27H25Cl2N3O2. The molecule has 1 heterocycles. The average molecular weight is 494 g/mol. The molecule has 34 heavy (non-hydrogen) atoms. The number of benzene rings is 3. The summed E-state index contributed by atoms with van der Waals surface area (Å²) in [6, 6.07) is 21.3. The molecule has 0 aliphatic rings. The second-order valence-electron chi connectivity index (χ2n) is 7.90. The summed E-state index contributed by atoms with van der Waals surface area (Å²) < 4.78 is 7.64. The van der Waals surface area contributed by atoms with Gasteiger partial charge in [-0.05, 0) is 55.3 Å². The number of ether oxygens (including phenoxy) is 1.